The van der Waals surface area contributed by atoms with Crippen molar-refractivity contribution in [3.8, 4) is 0 Å². The van der Waals surface area contributed by atoms with Gasteiger partial charge < -0.3 is 40.2 Å². The number of nitrogens with two attached hydrogens (primary N) is 1. The molecule has 6 N–H and O–H groups in total. The van der Waals surface area contributed by atoms with Crippen LogP contribution in [0.2, 0.25) is 0 Å². The highest BCUT2D eigenvalue weighted by atomic mass is 16.6. The van der Waals surface area contributed by atoms with Gasteiger partial charge in [0.15, 0.2) is 29.5 Å². The number of carbonyl (C=O) groups is 1. The quantitative estimate of drug-likeness (QED) is 0.186. The number of nitrogens with zero attached hydrogens (tertiary/aromatic N) is 5. The van der Waals surface area contributed by atoms with Crippen LogP contribution >= 0.6 is 0 Å². The number of aliphatic hydroxyl groups is 2. The van der Waals surface area contributed by atoms with E-state index in [0.717, 1.165) is 5.56 Å². The molecule has 1 aliphatic heterocycles. The van der Waals surface area contributed by atoms with Crippen molar-refractivity contribution < 1.29 is 29.0 Å². The van der Waals surface area contributed by atoms with Crippen LogP contribution in [-0.4, -0.2) is 71.6 Å². The molecule has 4 heterocycles. The van der Waals surface area contributed by atoms with E-state index in [1.165, 1.54) is 0 Å². The van der Waals surface area contributed by atoms with Crippen molar-refractivity contribution in [3.05, 3.63) is 53.4 Å². The second-order valence-corrected chi connectivity index (χ2v) is 8.53. The topological polar surface area (TPSA) is 207 Å². The number of aryl methyl sites for hydroxylation is 1. The number of rotatable bonds is 10. The minimum atomic E-state index is -1.30. The molecule has 14 heteroatoms. The summed E-state index contributed by atoms with van der Waals surface area (Å²) in [6.07, 6.45) is -3.38. The Bertz CT molecular complexity index is 1360. The van der Waals surface area contributed by atoms with Crippen molar-refractivity contribution >= 4 is 29.4 Å². The van der Waals surface area contributed by atoms with Gasteiger partial charge in [0.05, 0.1) is 12.6 Å². The summed E-state index contributed by atoms with van der Waals surface area (Å²) in [6, 6.07) is 9.32. The van der Waals surface area contributed by atoms with Gasteiger partial charge in [0, 0.05) is 6.42 Å². The van der Waals surface area contributed by atoms with Gasteiger partial charge in [0.2, 0.25) is 5.95 Å². The maximum Gasteiger partial charge on any atom is 0.293 e. The molecule has 194 valence electrons. The van der Waals surface area contributed by atoms with Crippen molar-refractivity contribution in [2.45, 2.75) is 50.2 Å². The molecule has 1 aromatic carbocycles. The third kappa shape index (κ3) is 4.94. The zero-order valence-corrected chi connectivity index (χ0v) is 19.8. The van der Waals surface area contributed by atoms with Crippen molar-refractivity contribution in [1.82, 2.24) is 30.1 Å². The summed E-state index contributed by atoms with van der Waals surface area (Å²) in [5.41, 5.74) is 7.74. The lowest BCUT2D eigenvalue weighted by Gasteiger charge is -2.16. The summed E-state index contributed by atoms with van der Waals surface area (Å²) in [4.78, 5) is 31.4. The zero-order valence-electron chi connectivity index (χ0n) is 19.8. The number of nitrogens with one attached hydrogen (secondary N) is 2. The van der Waals surface area contributed by atoms with E-state index < -0.39 is 24.4 Å². The lowest BCUT2D eigenvalue weighted by Crippen LogP contribution is -2.30. The summed E-state index contributed by atoms with van der Waals surface area (Å²) in [6.45, 7) is 1.92. The lowest BCUT2D eigenvalue weighted by molar-refractivity contribution is -0.140. The number of nitrogen functional groups attached to an aromatic ring is 1. The highest BCUT2D eigenvalue weighted by molar-refractivity contribution is 5.82. The number of fused-ring (bicyclic) bond motifs is 1. The number of aromatic amines is 1. The van der Waals surface area contributed by atoms with Crippen LogP contribution in [0.25, 0.3) is 11.2 Å². The molecule has 14 nitrogen and oxygen atoms in total. The van der Waals surface area contributed by atoms with E-state index >= 15 is 0 Å². The summed E-state index contributed by atoms with van der Waals surface area (Å²) in [5.74, 6) is 1.00. The van der Waals surface area contributed by atoms with Gasteiger partial charge in [-0.15, -0.1) is 0 Å². The van der Waals surface area contributed by atoms with Crippen LogP contribution in [0.5, 0.6) is 0 Å². The maximum atomic E-state index is 11.1. The summed E-state index contributed by atoms with van der Waals surface area (Å²) in [7, 11) is 0. The number of H-pyrrole nitrogens is 1. The molecule has 0 amide bonds. The van der Waals surface area contributed by atoms with E-state index in [4.69, 9.17) is 19.7 Å². The smallest absolute Gasteiger partial charge is 0.293 e. The van der Waals surface area contributed by atoms with Gasteiger partial charge in [-0.2, -0.15) is 15.0 Å². The largest absolute Gasteiger partial charge is 0.458 e. The van der Waals surface area contributed by atoms with Gasteiger partial charge in [-0.1, -0.05) is 42.4 Å². The fraction of sp³-hybridized carbons (Fsp3) is 0.391. The molecular formula is C23H26N8O6. The minimum absolute atomic E-state index is 0.0700. The molecule has 0 radical (unpaired) electrons. The third-order valence-corrected chi connectivity index (χ3v) is 6.04. The fourth-order valence-electron chi connectivity index (χ4n) is 4.21. The Hall–Kier alpha value is -4.14. The molecule has 1 saturated heterocycles. The van der Waals surface area contributed by atoms with Gasteiger partial charge in [0.1, 0.15) is 23.5 Å². The predicted octanol–water partition coefficient (Wildman–Crippen LogP) is 0.611. The normalized spacial score (nSPS) is 22.2. The molecule has 0 spiro atoms. The van der Waals surface area contributed by atoms with Crippen LogP contribution in [0.15, 0.2) is 34.9 Å². The molecule has 0 unspecified atom stereocenters. The van der Waals surface area contributed by atoms with Crippen molar-refractivity contribution in [2.75, 3.05) is 17.7 Å². The highest BCUT2D eigenvalue weighted by Gasteiger charge is 2.50. The molecule has 0 aliphatic carbocycles. The van der Waals surface area contributed by atoms with Crippen LogP contribution < -0.4 is 11.1 Å². The molecule has 0 saturated carbocycles. The SMILES string of the molecule is CCc1noc([C@@H]2O[C@@H](c3nc4nc(N[C@H](CO)Cc5ccccc5)nc(N)c4[nH]3)[C@@H](O)[C@H]2OC=O)n1. The molecule has 5 rings (SSSR count). The Morgan fingerprint density at radius 1 is 1.22 bits per heavy atom. The summed E-state index contributed by atoms with van der Waals surface area (Å²) in [5, 5.41) is 27.7. The minimum Gasteiger partial charge on any atom is -0.458 e. The maximum absolute atomic E-state index is 11.1. The monoisotopic (exact) mass is 510 g/mol. The van der Waals surface area contributed by atoms with Crippen molar-refractivity contribution in [3.63, 3.8) is 0 Å². The van der Waals surface area contributed by atoms with Gasteiger partial charge >= 0.3 is 0 Å². The predicted molar refractivity (Wildman–Crippen MR) is 128 cm³/mol. The first kappa shape index (κ1) is 24.5. The average Bonchev–Trinajstić information content (AvgIpc) is 3.62. The first-order chi connectivity index (χ1) is 18.0. The standard InChI is InChI=1S/C23H26N8O6/c1-2-13-26-22(37-31-13)18-16(35-10-33)15(34)17(36-18)21-27-14-19(24)28-23(30-20(14)29-21)25-12(9-32)8-11-6-4-3-5-7-11/h3-7,10,12,15-18,32,34H,2,8-9H2,1H3,(H4,24,25,27,28,29,30)/t12-,15-,16+,17+,18+/m0/s1. The number of anilines is 2. The Morgan fingerprint density at radius 3 is 2.73 bits per heavy atom. The van der Waals surface area contributed by atoms with Gasteiger partial charge in [-0.05, 0) is 12.0 Å². The Labute approximate surface area is 210 Å². The van der Waals surface area contributed by atoms with Gasteiger partial charge in [-0.3, -0.25) is 4.79 Å². The van der Waals surface area contributed by atoms with Crippen molar-refractivity contribution in [2.24, 2.45) is 0 Å². The number of carbonyl (C=O) groups excluding carboxylic acids is 1. The second kappa shape index (κ2) is 10.5. The first-order valence-electron chi connectivity index (χ1n) is 11.7. The Kier molecular flexibility index (Phi) is 6.94. The van der Waals surface area contributed by atoms with E-state index in [2.05, 4.69) is 35.4 Å². The fourth-order valence-corrected chi connectivity index (χ4v) is 4.21. The Balaban J connectivity index is 1.39. The zero-order chi connectivity index (χ0) is 25.9. The molecule has 5 atom stereocenters. The molecule has 37 heavy (non-hydrogen) atoms. The lowest BCUT2D eigenvalue weighted by atomic mass is 10.1. The number of aromatic nitrogens is 6. The molecule has 0 bridgehead atoms. The van der Waals surface area contributed by atoms with E-state index in [0.29, 0.717) is 24.2 Å². The number of hydrogen-bond donors (Lipinski definition) is 5. The first-order valence-corrected chi connectivity index (χ1v) is 11.7. The van der Waals surface area contributed by atoms with Crippen molar-refractivity contribution in [1.29, 1.82) is 0 Å². The molecule has 1 fully saturated rings. The van der Waals surface area contributed by atoms with Crippen LogP contribution in [0.3, 0.4) is 0 Å². The number of benzene rings is 1. The number of aliphatic hydroxyl groups excluding tert-OH is 2. The number of ether oxygens (including phenoxy) is 2. The molecule has 3 aromatic heterocycles. The second-order valence-electron chi connectivity index (χ2n) is 8.53. The average molecular weight is 511 g/mol. The van der Waals surface area contributed by atoms with Crippen LogP contribution in [0.4, 0.5) is 11.8 Å². The highest BCUT2D eigenvalue weighted by Crippen LogP contribution is 2.42. The summed E-state index contributed by atoms with van der Waals surface area (Å²) < 4.78 is 16.3. The van der Waals surface area contributed by atoms with E-state index in [1.54, 1.807) is 0 Å². The number of hydrogen-bond acceptors (Lipinski definition) is 13. The van der Waals surface area contributed by atoms with Gasteiger partial charge in [0.25, 0.3) is 12.4 Å². The molecule has 1 aliphatic rings. The van der Waals surface area contributed by atoms with Crippen LogP contribution in [0, 0.1) is 0 Å². The molecule has 4 aromatic rings. The van der Waals surface area contributed by atoms with Crippen LogP contribution in [-0.2, 0) is 27.1 Å². The number of imidazole rings is 1. The molecular weight excluding hydrogens is 484 g/mol. The van der Waals surface area contributed by atoms with E-state index in [-0.39, 0.29) is 48.2 Å². The third-order valence-electron chi connectivity index (χ3n) is 6.04. The van der Waals surface area contributed by atoms with E-state index in [9.17, 15) is 15.0 Å². The van der Waals surface area contributed by atoms with E-state index in [1.807, 2.05) is 37.3 Å². The van der Waals surface area contributed by atoms with Gasteiger partial charge in [-0.25, -0.2) is 4.98 Å². The summed E-state index contributed by atoms with van der Waals surface area (Å²) >= 11 is 0. The Morgan fingerprint density at radius 2 is 2.03 bits per heavy atom. The van der Waals surface area contributed by atoms with Crippen LogP contribution in [0.1, 0.15) is 42.2 Å².